The van der Waals surface area contributed by atoms with E-state index in [-0.39, 0.29) is 23.9 Å². The minimum Gasteiger partial charge on any atom is -0.490 e. The number of ketones is 1. The van der Waals surface area contributed by atoms with E-state index in [0.29, 0.717) is 21.3 Å². The summed E-state index contributed by atoms with van der Waals surface area (Å²) < 4.78 is 34.5. The molecule has 0 radical (unpaired) electrons. The molecule has 0 saturated heterocycles. The molecule has 2 aromatic rings. The van der Waals surface area contributed by atoms with Crippen molar-refractivity contribution < 1.29 is 23.0 Å². The van der Waals surface area contributed by atoms with Crippen LogP contribution in [0.4, 0.5) is 14.5 Å². The second kappa shape index (κ2) is 9.40. The Labute approximate surface area is 159 Å². The number of rotatable bonds is 8. The fraction of sp³-hybridized carbons (Fsp3) is 0.167. The van der Waals surface area contributed by atoms with Crippen LogP contribution in [0.2, 0.25) is 10.0 Å². The van der Waals surface area contributed by atoms with Gasteiger partial charge in [-0.05, 0) is 37.3 Å². The fourth-order valence-corrected chi connectivity index (χ4v) is 2.59. The second-order valence-electron chi connectivity index (χ2n) is 4.97. The van der Waals surface area contributed by atoms with Crippen LogP contribution in [-0.2, 0) is 0 Å². The minimum absolute atomic E-state index is 0.0685. The molecule has 2 aromatic carbocycles. The van der Waals surface area contributed by atoms with Gasteiger partial charge in [0.15, 0.2) is 17.3 Å². The lowest BCUT2D eigenvalue weighted by Gasteiger charge is -2.12. The quantitative estimate of drug-likeness (QED) is 0.448. The van der Waals surface area contributed by atoms with Crippen molar-refractivity contribution in [1.82, 2.24) is 0 Å². The number of benzene rings is 2. The summed E-state index contributed by atoms with van der Waals surface area (Å²) in [7, 11) is 0. The Balaban J connectivity index is 2.09. The first kappa shape index (κ1) is 20.0. The van der Waals surface area contributed by atoms with Crippen molar-refractivity contribution in [2.24, 2.45) is 0 Å². The number of alkyl halides is 2. The molecule has 0 saturated carbocycles. The van der Waals surface area contributed by atoms with Crippen LogP contribution in [0.3, 0.4) is 0 Å². The molecular formula is C18H15Cl2F2NO3. The summed E-state index contributed by atoms with van der Waals surface area (Å²) in [6, 6.07) is 8.90. The van der Waals surface area contributed by atoms with Gasteiger partial charge in [0.05, 0.1) is 6.61 Å². The normalized spacial score (nSPS) is 11.0. The van der Waals surface area contributed by atoms with Crippen LogP contribution in [0, 0.1) is 0 Å². The molecule has 0 amide bonds. The number of carbonyl (C=O) groups is 1. The third-order valence-electron chi connectivity index (χ3n) is 3.09. The largest absolute Gasteiger partial charge is 0.490 e. The lowest BCUT2D eigenvalue weighted by Crippen LogP contribution is -2.05. The number of allylic oxidation sites excluding steroid dienone is 1. The maximum atomic E-state index is 12.4. The first-order valence-electron chi connectivity index (χ1n) is 7.54. The molecule has 0 aliphatic rings. The maximum Gasteiger partial charge on any atom is 0.387 e. The molecule has 0 bridgehead atoms. The van der Waals surface area contributed by atoms with Crippen LogP contribution in [0.15, 0.2) is 48.7 Å². The Morgan fingerprint density at radius 3 is 2.46 bits per heavy atom. The number of ether oxygens (including phenoxy) is 2. The summed E-state index contributed by atoms with van der Waals surface area (Å²) in [6.07, 6.45) is 2.71. The number of carbonyl (C=O) groups excluding carboxylic acids is 1. The molecule has 0 aromatic heterocycles. The summed E-state index contributed by atoms with van der Waals surface area (Å²) in [5.74, 6) is -0.204. The average Bonchev–Trinajstić information content (AvgIpc) is 2.56. The minimum atomic E-state index is -2.95. The predicted molar refractivity (Wildman–Crippen MR) is 97.8 cm³/mol. The summed E-state index contributed by atoms with van der Waals surface area (Å²) in [4.78, 5) is 12.1. The van der Waals surface area contributed by atoms with Gasteiger partial charge in [-0.15, -0.1) is 0 Å². The number of halogens is 4. The van der Waals surface area contributed by atoms with Gasteiger partial charge in [-0.25, -0.2) is 0 Å². The number of hydrogen-bond donors (Lipinski definition) is 1. The third kappa shape index (κ3) is 5.89. The Kier molecular flexibility index (Phi) is 7.24. The zero-order valence-electron chi connectivity index (χ0n) is 13.6. The molecule has 4 nitrogen and oxygen atoms in total. The van der Waals surface area contributed by atoms with E-state index in [1.54, 1.807) is 6.92 Å². The van der Waals surface area contributed by atoms with Crippen molar-refractivity contribution in [2.75, 3.05) is 11.9 Å². The van der Waals surface area contributed by atoms with Gasteiger partial charge in [-0.2, -0.15) is 8.78 Å². The topological polar surface area (TPSA) is 47.6 Å². The fourth-order valence-electron chi connectivity index (χ4n) is 2.07. The van der Waals surface area contributed by atoms with Crippen molar-refractivity contribution in [3.8, 4) is 11.5 Å². The van der Waals surface area contributed by atoms with E-state index < -0.39 is 6.61 Å². The van der Waals surface area contributed by atoms with Crippen molar-refractivity contribution in [3.05, 3.63) is 64.3 Å². The van der Waals surface area contributed by atoms with Crippen molar-refractivity contribution in [3.63, 3.8) is 0 Å². The van der Waals surface area contributed by atoms with Crippen LogP contribution >= 0.6 is 23.2 Å². The third-order valence-corrected chi connectivity index (χ3v) is 3.53. The highest BCUT2D eigenvalue weighted by Gasteiger charge is 2.11. The molecular weight excluding hydrogens is 387 g/mol. The van der Waals surface area contributed by atoms with E-state index >= 15 is 0 Å². The van der Waals surface area contributed by atoms with Gasteiger partial charge in [0.1, 0.15) is 0 Å². The van der Waals surface area contributed by atoms with E-state index in [1.807, 2.05) is 0 Å². The number of nitrogens with one attached hydrogen (secondary N) is 1. The van der Waals surface area contributed by atoms with Crippen LogP contribution < -0.4 is 14.8 Å². The highest BCUT2D eigenvalue weighted by molar-refractivity contribution is 6.35. The van der Waals surface area contributed by atoms with Gasteiger partial charge in [-0.1, -0.05) is 23.2 Å². The Morgan fingerprint density at radius 1 is 1.15 bits per heavy atom. The zero-order chi connectivity index (χ0) is 19.1. The number of hydrogen-bond acceptors (Lipinski definition) is 4. The average molecular weight is 402 g/mol. The smallest absolute Gasteiger partial charge is 0.387 e. The second-order valence-corrected chi connectivity index (χ2v) is 5.85. The van der Waals surface area contributed by atoms with Crippen molar-refractivity contribution >= 4 is 34.7 Å². The van der Waals surface area contributed by atoms with Gasteiger partial charge in [0.2, 0.25) is 0 Å². The Morgan fingerprint density at radius 2 is 1.85 bits per heavy atom. The van der Waals surface area contributed by atoms with Crippen molar-refractivity contribution in [2.45, 2.75) is 13.5 Å². The SMILES string of the molecule is CCOc1cc(N/C=C/C(=O)c2cc(Cl)cc(Cl)c2)ccc1OC(F)F. The molecule has 2 rings (SSSR count). The number of anilines is 1. The van der Waals surface area contributed by atoms with E-state index in [2.05, 4.69) is 10.1 Å². The molecule has 1 N–H and O–H groups in total. The molecule has 0 aliphatic carbocycles. The summed E-state index contributed by atoms with van der Waals surface area (Å²) in [5.41, 5.74) is 0.875. The van der Waals surface area contributed by atoms with Crippen LogP contribution in [-0.4, -0.2) is 19.0 Å². The molecule has 0 atom stereocenters. The highest BCUT2D eigenvalue weighted by atomic mass is 35.5. The standard InChI is InChI=1S/C18H15Cl2F2NO3/c1-2-25-17-10-14(3-4-16(17)26-18(21)22)23-6-5-15(24)11-7-12(19)9-13(20)8-11/h3-10,18,23H,2H2,1H3/b6-5+. The lowest BCUT2D eigenvalue weighted by atomic mass is 10.1. The summed E-state index contributed by atoms with van der Waals surface area (Å²) in [6.45, 7) is -0.941. The molecule has 0 heterocycles. The molecule has 0 unspecified atom stereocenters. The van der Waals surface area contributed by atoms with E-state index in [1.165, 1.54) is 48.7 Å². The van der Waals surface area contributed by atoms with Gasteiger partial charge in [-0.3, -0.25) is 4.79 Å². The van der Waals surface area contributed by atoms with Crippen LogP contribution in [0.25, 0.3) is 0 Å². The molecule has 26 heavy (non-hydrogen) atoms. The molecule has 138 valence electrons. The van der Waals surface area contributed by atoms with Gasteiger partial charge < -0.3 is 14.8 Å². The lowest BCUT2D eigenvalue weighted by molar-refractivity contribution is -0.0514. The van der Waals surface area contributed by atoms with Gasteiger partial charge in [0.25, 0.3) is 0 Å². The monoisotopic (exact) mass is 401 g/mol. The van der Waals surface area contributed by atoms with Crippen molar-refractivity contribution in [1.29, 1.82) is 0 Å². The Bertz CT molecular complexity index is 793. The molecule has 0 aliphatic heterocycles. The van der Waals surface area contributed by atoms with Crippen LogP contribution in [0.5, 0.6) is 11.5 Å². The zero-order valence-corrected chi connectivity index (χ0v) is 15.2. The predicted octanol–water partition coefficient (Wildman–Crippen LogP) is 5.80. The van der Waals surface area contributed by atoms with Crippen LogP contribution in [0.1, 0.15) is 17.3 Å². The van der Waals surface area contributed by atoms with E-state index in [9.17, 15) is 13.6 Å². The molecule has 8 heteroatoms. The first-order chi connectivity index (χ1) is 12.4. The van der Waals surface area contributed by atoms with Gasteiger partial charge >= 0.3 is 6.61 Å². The maximum absolute atomic E-state index is 12.4. The van der Waals surface area contributed by atoms with Gasteiger partial charge in [0, 0.05) is 39.6 Å². The molecule has 0 spiro atoms. The first-order valence-corrected chi connectivity index (χ1v) is 8.29. The van der Waals surface area contributed by atoms with E-state index in [4.69, 9.17) is 27.9 Å². The summed E-state index contributed by atoms with van der Waals surface area (Å²) >= 11 is 11.7. The highest BCUT2D eigenvalue weighted by Crippen LogP contribution is 2.31. The Hall–Kier alpha value is -2.31. The molecule has 0 fully saturated rings. The summed E-state index contributed by atoms with van der Waals surface area (Å²) in [5, 5.41) is 3.58. The van der Waals surface area contributed by atoms with E-state index in [0.717, 1.165) is 0 Å².